The van der Waals surface area contributed by atoms with Crippen molar-refractivity contribution in [3.8, 4) is 11.5 Å². The van der Waals surface area contributed by atoms with Gasteiger partial charge in [-0.15, -0.1) is 0 Å². The van der Waals surface area contributed by atoms with Crippen LogP contribution in [-0.2, 0) is 9.59 Å². The summed E-state index contributed by atoms with van der Waals surface area (Å²) in [5.41, 5.74) is 2.04. The normalized spacial score (nSPS) is 23.5. The largest absolute Gasteiger partial charge is 0.454 e. The standard InChI is InChI=1S/C22H22N2O4/c25-21-11-17(13-24(21)18-4-2-1-3-5-18)22(26)23-9-8-16(12-23)15-6-7-19-20(10-15)28-14-27-19/h1-7,10,16-17H,8-9,11-14H2. The zero-order valence-electron chi connectivity index (χ0n) is 15.5. The minimum atomic E-state index is -0.261. The van der Waals surface area contributed by atoms with Gasteiger partial charge in [-0.3, -0.25) is 9.59 Å². The lowest BCUT2D eigenvalue weighted by Gasteiger charge is -2.21. The molecule has 0 aromatic heterocycles. The van der Waals surface area contributed by atoms with Gasteiger partial charge >= 0.3 is 0 Å². The monoisotopic (exact) mass is 378 g/mol. The van der Waals surface area contributed by atoms with Crippen molar-refractivity contribution < 1.29 is 19.1 Å². The third-order valence-corrected chi connectivity index (χ3v) is 5.91. The summed E-state index contributed by atoms with van der Waals surface area (Å²) in [6, 6.07) is 15.6. The number of amides is 2. The molecule has 2 amide bonds. The van der Waals surface area contributed by atoms with E-state index in [4.69, 9.17) is 9.47 Å². The number of carbonyl (C=O) groups excluding carboxylic acids is 2. The van der Waals surface area contributed by atoms with E-state index in [9.17, 15) is 9.59 Å². The Hall–Kier alpha value is -3.02. The molecule has 3 aliphatic rings. The van der Waals surface area contributed by atoms with Crippen molar-refractivity contribution in [2.75, 3.05) is 31.3 Å². The van der Waals surface area contributed by atoms with Gasteiger partial charge in [-0.1, -0.05) is 24.3 Å². The second-order valence-electron chi connectivity index (χ2n) is 7.62. The molecule has 0 aliphatic carbocycles. The molecule has 0 saturated carbocycles. The molecule has 3 aliphatic heterocycles. The minimum Gasteiger partial charge on any atom is -0.454 e. The Morgan fingerprint density at radius 1 is 1.00 bits per heavy atom. The molecular formula is C22H22N2O4. The van der Waals surface area contributed by atoms with Crippen LogP contribution in [0.4, 0.5) is 5.69 Å². The predicted octanol–water partition coefficient (Wildman–Crippen LogP) is 2.78. The Morgan fingerprint density at radius 2 is 1.82 bits per heavy atom. The first-order chi connectivity index (χ1) is 13.7. The highest BCUT2D eigenvalue weighted by molar-refractivity contribution is 6.00. The molecule has 3 heterocycles. The maximum absolute atomic E-state index is 13.0. The summed E-state index contributed by atoms with van der Waals surface area (Å²) >= 11 is 0. The van der Waals surface area contributed by atoms with Crippen LogP contribution in [0.3, 0.4) is 0 Å². The fourth-order valence-electron chi connectivity index (χ4n) is 4.39. The number of hydrogen-bond acceptors (Lipinski definition) is 4. The highest BCUT2D eigenvalue weighted by Gasteiger charge is 2.39. The van der Waals surface area contributed by atoms with Crippen molar-refractivity contribution >= 4 is 17.5 Å². The molecular weight excluding hydrogens is 356 g/mol. The topological polar surface area (TPSA) is 59.1 Å². The Bertz CT molecular complexity index is 914. The van der Waals surface area contributed by atoms with E-state index in [1.165, 1.54) is 5.56 Å². The SMILES string of the molecule is O=C(C1CC(=O)N(c2ccccc2)C1)N1CCC(c2ccc3c(c2)OCO3)C1. The van der Waals surface area contributed by atoms with Crippen LogP contribution in [0.1, 0.15) is 24.3 Å². The van der Waals surface area contributed by atoms with Gasteiger partial charge in [0.15, 0.2) is 11.5 Å². The average molecular weight is 378 g/mol. The van der Waals surface area contributed by atoms with Gasteiger partial charge in [0, 0.05) is 37.7 Å². The number of rotatable bonds is 3. The van der Waals surface area contributed by atoms with E-state index in [2.05, 4.69) is 6.07 Å². The maximum atomic E-state index is 13.0. The lowest BCUT2D eigenvalue weighted by Crippen LogP contribution is -2.35. The minimum absolute atomic E-state index is 0.0241. The molecule has 0 N–H and O–H groups in total. The van der Waals surface area contributed by atoms with Gasteiger partial charge in [-0.2, -0.15) is 0 Å². The lowest BCUT2D eigenvalue weighted by atomic mass is 9.98. The quantitative estimate of drug-likeness (QED) is 0.824. The van der Waals surface area contributed by atoms with Crippen LogP contribution in [0.15, 0.2) is 48.5 Å². The van der Waals surface area contributed by atoms with Gasteiger partial charge in [0.2, 0.25) is 18.6 Å². The van der Waals surface area contributed by atoms with Gasteiger partial charge in [-0.05, 0) is 36.2 Å². The van der Waals surface area contributed by atoms with Crippen molar-refractivity contribution in [3.05, 3.63) is 54.1 Å². The summed E-state index contributed by atoms with van der Waals surface area (Å²) in [5.74, 6) is 1.71. The molecule has 28 heavy (non-hydrogen) atoms. The Kier molecular flexibility index (Phi) is 4.19. The number of anilines is 1. The predicted molar refractivity (Wildman–Crippen MR) is 103 cm³/mol. The number of ether oxygens (including phenoxy) is 2. The van der Waals surface area contributed by atoms with Crippen LogP contribution >= 0.6 is 0 Å². The molecule has 144 valence electrons. The van der Waals surface area contributed by atoms with E-state index in [-0.39, 0.29) is 24.5 Å². The van der Waals surface area contributed by atoms with Crippen LogP contribution < -0.4 is 14.4 Å². The van der Waals surface area contributed by atoms with Crippen molar-refractivity contribution in [2.45, 2.75) is 18.8 Å². The Balaban J connectivity index is 1.25. The summed E-state index contributed by atoms with van der Waals surface area (Å²) in [6.07, 6.45) is 1.22. The third kappa shape index (κ3) is 2.99. The summed E-state index contributed by atoms with van der Waals surface area (Å²) in [6.45, 7) is 2.15. The van der Waals surface area contributed by atoms with Gasteiger partial charge < -0.3 is 19.3 Å². The molecule has 2 aromatic carbocycles. The van der Waals surface area contributed by atoms with Crippen LogP contribution in [0.5, 0.6) is 11.5 Å². The van der Waals surface area contributed by atoms with Crippen LogP contribution in [0, 0.1) is 5.92 Å². The molecule has 6 heteroatoms. The molecule has 0 bridgehead atoms. The fraction of sp³-hybridized carbons (Fsp3) is 0.364. The van der Waals surface area contributed by atoms with Gasteiger partial charge in [-0.25, -0.2) is 0 Å². The number of fused-ring (bicyclic) bond motifs is 1. The summed E-state index contributed by atoms with van der Waals surface area (Å²) < 4.78 is 10.9. The molecule has 6 nitrogen and oxygen atoms in total. The molecule has 0 spiro atoms. The molecule has 2 aromatic rings. The van der Waals surface area contributed by atoms with Crippen LogP contribution in [-0.4, -0.2) is 43.1 Å². The Morgan fingerprint density at radius 3 is 2.68 bits per heavy atom. The first-order valence-corrected chi connectivity index (χ1v) is 9.73. The molecule has 2 saturated heterocycles. The van der Waals surface area contributed by atoms with Crippen molar-refractivity contribution in [1.29, 1.82) is 0 Å². The Labute approximate surface area is 163 Å². The van der Waals surface area contributed by atoms with E-state index in [0.29, 0.717) is 25.4 Å². The van der Waals surface area contributed by atoms with Crippen molar-refractivity contribution in [1.82, 2.24) is 4.90 Å². The summed E-state index contributed by atoms with van der Waals surface area (Å²) in [7, 11) is 0. The molecule has 2 atom stereocenters. The van der Waals surface area contributed by atoms with Crippen LogP contribution in [0.2, 0.25) is 0 Å². The zero-order valence-corrected chi connectivity index (χ0v) is 15.5. The number of hydrogen-bond donors (Lipinski definition) is 0. The van der Waals surface area contributed by atoms with Gasteiger partial charge in [0.1, 0.15) is 0 Å². The van der Waals surface area contributed by atoms with E-state index in [1.54, 1.807) is 4.90 Å². The zero-order chi connectivity index (χ0) is 19.1. The first kappa shape index (κ1) is 17.1. The maximum Gasteiger partial charge on any atom is 0.231 e. The summed E-state index contributed by atoms with van der Waals surface area (Å²) in [4.78, 5) is 29.1. The van der Waals surface area contributed by atoms with E-state index >= 15 is 0 Å². The second-order valence-corrected chi connectivity index (χ2v) is 7.62. The number of likely N-dealkylation sites (tertiary alicyclic amines) is 1. The number of para-hydroxylation sites is 1. The lowest BCUT2D eigenvalue weighted by molar-refractivity contribution is -0.134. The third-order valence-electron chi connectivity index (χ3n) is 5.91. The van der Waals surface area contributed by atoms with Gasteiger partial charge in [0.05, 0.1) is 5.92 Å². The highest BCUT2D eigenvalue weighted by Crippen LogP contribution is 2.37. The van der Waals surface area contributed by atoms with E-state index in [0.717, 1.165) is 30.2 Å². The average Bonchev–Trinajstić information content (AvgIpc) is 3.46. The molecule has 2 fully saturated rings. The smallest absolute Gasteiger partial charge is 0.231 e. The van der Waals surface area contributed by atoms with Crippen LogP contribution in [0.25, 0.3) is 0 Å². The number of benzene rings is 2. The molecule has 0 radical (unpaired) electrons. The van der Waals surface area contributed by atoms with Crippen molar-refractivity contribution in [2.24, 2.45) is 5.92 Å². The molecule has 2 unspecified atom stereocenters. The van der Waals surface area contributed by atoms with Crippen molar-refractivity contribution in [3.63, 3.8) is 0 Å². The van der Waals surface area contributed by atoms with Gasteiger partial charge in [0.25, 0.3) is 0 Å². The van der Waals surface area contributed by atoms with E-state index in [1.807, 2.05) is 47.4 Å². The highest BCUT2D eigenvalue weighted by atomic mass is 16.7. The van der Waals surface area contributed by atoms with E-state index < -0.39 is 0 Å². The fourth-order valence-corrected chi connectivity index (χ4v) is 4.39. The summed E-state index contributed by atoms with van der Waals surface area (Å²) in [5, 5.41) is 0. The number of carbonyl (C=O) groups is 2. The number of nitrogens with zero attached hydrogens (tertiary/aromatic N) is 2. The molecule has 5 rings (SSSR count). The second kappa shape index (κ2) is 6.86. The first-order valence-electron chi connectivity index (χ1n) is 9.73.